The molecule has 1 spiro atoms. The first-order valence-electron chi connectivity index (χ1n) is 18.2. The Bertz CT molecular complexity index is 3060. The highest BCUT2D eigenvalue weighted by atomic mass is 16.3. The molecule has 2 aliphatic carbocycles. The van der Waals surface area contributed by atoms with Gasteiger partial charge in [-0.15, -0.1) is 0 Å². The number of hydrogen-bond donors (Lipinski definition) is 0. The van der Waals surface area contributed by atoms with Gasteiger partial charge in [0.25, 0.3) is 0 Å². The predicted octanol–water partition coefficient (Wildman–Crippen LogP) is 12.6. The Balaban J connectivity index is 1.13. The largest absolute Gasteiger partial charge is 0.455 e. The molecule has 12 rings (SSSR count). The van der Waals surface area contributed by atoms with Gasteiger partial charge in [0.05, 0.1) is 16.4 Å². The van der Waals surface area contributed by atoms with E-state index in [1.165, 1.54) is 55.6 Å². The first-order valence-corrected chi connectivity index (χ1v) is 18.2. The van der Waals surface area contributed by atoms with Crippen LogP contribution >= 0.6 is 0 Å². The van der Waals surface area contributed by atoms with Crippen molar-refractivity contribution in [3.05, 3.63) is 204 Å². The van der Waals surface area contributed by atoms with Crippen molar-refractivity contribution in [2.75, 3.05) is 0 Å². The quantitative estimate of drug-likeness (QED) is 0.187. The molecule has 10 aromatic rings. The minimum atomic E-state index is -0.513. The van der Waals surface area contributed by atoms with E-state index in [1.54, 1.807) is 0 Å². The molecule has 0 radical (unpaired) electrons. The van der Waals surface area contributed by atoms with Gasteiger partial charge in [-0.3, -0.25) is 4.57 Å². The lowest BCUT2D eigenvalue weighted by atomic mass is 9.68. The molecule has 0 bridgehead atoms. The van der Waals surface area contributed by atoms with E-state index in [9.17, 15) is 0 Å². The number of benzene rings is 8. The van der Waals surface area contributed by atoms with Crippen molar-refractivity contribution in [3.63, 3.8) is 0 Å². The van der Waals surface area contributed by atoms with E-state index in [0.717, 1.165) is 50.0 Å². The zero-order chi connectivity index (χ0) is 34.7. The number of aromatic nitrogens is 2. The van der Waals surface area contributed by atoms with Crippen molar-refractivity contribution in [2.45, 2.75) is 5.41 Å². The molecule has 8 aromatic carbocycles. The van der Waals surface area contributed by atoms with Crippen LogP contribution in [0.25, 0.3) is 83.4 Å². The molecule has 0 fully saturated rings. The van der Waals surface area contributed by atoms with Crippen LogP contribution in [0.2, 0.25) is 0 Å². The van der Waals surface area contributed by atoms with Crippen molar-refractivity contribution in [2.24, 2.45) is 0 Å². The molecule has 2 aliphatic rings. The predicted molar refractivity (Wildman–Crippen MR) is 216 cm³/mol. The Labute approximate surface area is 306 Å². The van der Waals surface area contributed by atoms with E-state index in [0.29, 0.717) is 0 Å². The van der Waals surface area contributed by atoms with Crippen LogP contribution < -0.4 is 0 Å². The first-order chi connectivity index (χ1) is 26.3. The summed E-state index contributed by atoms with van der Waals surface area (Å²) < 4.78 is 9.09. The lowest BCUT2D eigenvalue weighted by molar-refractivity contribution is 0.669. The van der Waals surface area contributed by atoms with Crippen LogP contribution in [0.3, 0.4) is 0 Å². The van der Waals surface area contributed by atoms with Gasteiger partial charge in [-0.25, -0.2) is 4.98 Å². The number of imidazole rings is 1. The molecule has 0 saturated carbocycles. The maximum Gasteiger partial charge on any atom is 0.145 e. The third-order valence-electron chi connectivity index (χ3n) is 11.6. The Kier molecular flexibility index (Phi) is 5.70. The summed E-state index contributed by atoms with van der Waals surface area (Å²) in [4.78, 5) is 5.10. The van der Waals surface area contributed by atoms with Crippen molar-refractivity contribution < 1.29 is 4.42 Å². The molecule has 2 heterocycles. The second-order valence-electron chi connectivity index (χ2n) is 14.2. The SMILES string of the molecule is c1ccc(-c2nc3ccccc3n2-c2ccc(-c3cccc4c3C3(c5ccccc5-c5ccccc53)c3ccc5c(oc6ccccc65)c3-4)cc2)cc1. The van der Waals surface area contributed by atoms with Gasteiger partial charge in [-0.1, -0.05) is 152 Å². The third kappa shape index (κ3) is 3.70. The zero-order valence-electron chi connectivity index (χ0n) is 28.6. The monoisotopic (exact) mass is 674 g/mol. The third-order valence-corrected chi connectivity index (χ3v) is 11.6. The molecule has 0 aliphatic heterocycles. The lowest BCUT2D eigenvalue weighted by Gasteiger charge is -2.32. The zero-order valence-corrected chi connectivity index (χ0v) is 28.6. The fourth-order valence-corrected chi connectivity index (χ4v) is 9.56. The van der Waals surface area contributed by atoms with Crippen molar-refractivity contribution in [1.82, 2.24) is 9.55 Å². The van der Waals surface area contributed by atoms with Crippen LogP contribution in [0, 0.1) is 0 Å². The van der Waals surface area contributed by atoms with Gasteiger partial charge in [0.2, 0.25) is 0 Å². The second kappa shape index (κ2) is 10.5. The van der Waals surface area contributed by atoms with Gasteiger partial charge in [0.15, 0.2) is 0 Å². The summed E-state index contributed by atoms with van der Waals surface area (Å²) in [6.45, 7) is 0. The molecule has 246 valence electrons. The smallest absolute Gasteiger partial charge is 0.145 e. The fraction of sp³-hybridized carbons (Fsp3) is 0.0200. The number of furan rings is 1. The minimum absolute atomic E-state index is 0.513. The molecule has 3 nitrogen and oxygen atoms in total. The molecule has 3 heteroatoms. The Morgan fingerprint density at radius 1 is 0.453 bits per heavy atom. The molecular weight excluding hydrogens is 645 g/mol. The molecule has 0 amide bonds. The molecule has 0 N–H and O–H groups in total. The van der Waals surface area contributed by atoms with Gasteiger partial charge in [0.1, 0.15) is 17.0 Å². The van der Waals surface area contributed by atoms with Gasteiger partial charge in [-0.2, -0.15) is 0 Å². The highest BCUT2D eigenvalue weighted by Crippen LogP contribution is 2.65. The summed E-state index contributed by atoms with van der Waals surface area (Å²) >= 11 is 0. The van der Waals surface area contributed by atoms with Crippen LogP contribution in [0.15, 0.2) is 186 Å². The molecule has 0 atom stereocenters. The van der Waals surface area contributed by atoms with Crippen molar-refractivity contribution >= 4 is 33.0 Å². The number of para-hydroxylation sites is 3. The van der Waals surface area contributed by atoms with Crippen LogP contribution in [0.5, 0.6) is 0 Å². The van der Waals surface area contributed by atoms with E-state index < -0.39 is 5.41 Å². The summed E-state index contributed by atoms with van der Waals surface area (Å²) in [6, 6.07) is 65.8. The van der Waals surface area contributed by atoms with E-state index in [4.69, 9.17) is 9.40 Å². The second-order valence-corrected chi connectivity index (χ2v) is 14.2. The highest BCUT2D eigenvalue weighted by molar-refractivity contribution is 6.14. The Morgan fingerprint density at radius 2 is 1.11 bits per heavy atom. The number of rotatable bonds is 3. The van der Waals surface area contributed by atoms with Crippen LogP contribution in [0.1, 0.15) is 22.3 Å². The maximum atomic E-state index is 6.81. The van der Waals surface area contributed by atoms with Crippen molar-refractivity contribution in [3.8, 4) is 50.5 Å². The van der Waals surface area contributed by atoms with E-state index in [1.807, 2.05) is 0 Å². The number of nitrogens with zero attached hydrogens (tertiary/aromatic N) is 2. The van der Waals surface area contributed by atoms with Crippen molar-refractivity contribution in [1.29, 1.82) is 0 Å². The van der Waals surface area contributed by atoms with E-state index in [2.05, 4.69) is 187 Å². The fourth-order valence-electron chi connectivity index (χ4n) is 9.56. The van der Waals surface area contributed by atoms with Crippen LogP contribution in [0.4, 0.5) is 0 Å². The van der Waals surface area contributed by atoms with E-state index in [-0.39, 0.29) is 0 Å². The summed E-state index contributed by atoms with van der Waals surface area (Å²) in [6.07, 6.45) is 0. The van der Waals surface area contributed by atoms with Gasteiger partial charge in [-0.05, 0) is 80.4 Å². The topological polar surface area (TPSA) is 31.0 Å². The average molecular weight is 675 g/mol. The van der Waals surface area contributed by atoms with Gasteiger partial charge in [0, 0.05) is 27.6 Å². The molecule has 0 saturated heterocycles. The highest BCUT2D eigenvalue weighted by Gasteiger charge is 2.53. The number of hydrogen-bond acceptors (Lipinski definition) is 2. The minimum Gasteiger partial charge on any atom is -0.455 e. The normalized spacial score (nSPS) is 13.4. The van der Waals surface area contributed by atoms with Crippen LogP contribution in [-0.2, 0) is 5.41 Å². The Hall–Kier alpha value is -6.97. The summed E-state index contributed by atoms with van der Waals surface area (Å²) in [5, 5.41) is 2.30. The number of fused-ring (bicyclic) bond motifs is 15. The molecule has 2 aromatic heterocycles. The molecule has 0 unspecified atom stereocenters. The lowest BCUT2D eigenvalue weighted by Crippen LogP contribution is -2.26. The summed E-state index contributed by atoms with van der Waals surface area (Å²) in [7, 11) is 0. The Morgan fingerprint density at radius 3 is 1.92 bits per heavy atom. The standard InChI is InChI=1S/C50H30N2O/c1-2-13-32(14-3-1)49-51-43-22-9-10-23-44(43)52(49)33-27-25-31(26-28-33)34-18-12-19-39-46-42(30-29-38-37-17-6-11-24-45(37)53-48(38)46)50(47(34)39)40-20-7-4-15-35(40)36-16-5-8-21-41(36)50/h1-30H. The van der Waals surface area contributed by atoms with Gasteiger partial charge < -0.3 is 4.42 Å². The maximum absolute atomic E-state index is 6.81. The average Bonchev–Trinajstić information content (AvgIpc) is 3.96. The van der Waals surface area contributed by atoms with Gasteiger partial charge >= 0.3 is 0 Å². The summed E-state index contributed by atoms with van der Waals surface area (Å²) in [5.41, 5.74) is 18.2. The van der Waals surface area contributed by atoms with E-state index >= 15 is 0 Å². The summed E-state index contributed by atoms with van der Waals surface area (Å²) in [5.74, 6) is 0.934. The van der Waals surface area contributed by atoms with Crippen LogP contribution in [-0.4, -0.2) is 9.55 Å². The molecule has 53 heavy (non-hydrogen) atoms. The molecular formula is C50H30N2O. The first kappa shape index (κ1) is 28.7.